The van der Waals surface area contributed by atoms with E-state index in [1.807, 2.05) is 13.8 Å². The van der Waals surface area contributed by atoms with Gasteiger partial charge in [0.1, 0.15) is 10.7 Å². The quantitative estimate of drug-likeness (QED) is 0.649. The van der Waals surface area contributed by atoms with Gasteiger partial charge in [0.25, 0.3) is 0 Å². The average Bonchev–Trinajstić information content (AvgIpc) is 3.30. The van der Waals surface area contributed by atoms with Gasteiger partial charge >= 0.3 is 0 Å². The molecule has 1 unspecified atom stereocenters. The Bertz CT molecular complexity index is 1050. The van der Waals surface area contributed by atoms with Crippen LogP contribution in [-0.4, -0.2) is 45.9 Å². The summed E-state index contributed by atoms with van der Waals surface area (Å²) in [6.07, 6.45) is 7.92. The van der Waals surface area contributed by atoms with Gasteiger partial charge in [-0.25, -0.2) is 8.42 Å². The first-order chi connectivity index (χ1) is 13.4. The van der Waals surface area contributed by atoms with Crippen molar-refractivity contribution in [3.8, 4) is 11.3 Å². The van der Waals surface area contributed by atoms with Crippen LogP contribution in [0.3, 0.4) is 0 Å². The van der Waals surface area contributed by atoms with E-state index in [1.54, 1.807) is 30.7 Å². The summed E-state index contributed by atoms with van der Waals surface area (Å²) in [7, 11) is -3.49. The smallest absolute Gasteiger partial charge is 0.244 e. The van der Waals surface area contributed by atoms with Crippen molar-refractivity contribution in [1.29, 1.82) is 0 Å². The molecule has 0 radical (unpaired) electrons. The van der Waals surface area contributed by atoms with Gasteiger partial charge in [-0.3, -0.25) is 15.0 Å². The van der Waals surface area contributed by atoms with E-state index in [-0.39, 0.29) is 10.8 Å². The van der Waals surface area contributed by atoms with E-state index in [0.717, 1.165) is 29.1 Å². The van der Waals surface area contributed by atoms with Crippen molar-refractivity contribution >= 4 is 10.0 Å². The van der Waals surface area contributed by atoms with E-state index in [9.17, 15) is 8.42 Å². The molecule has 1 saturated heterocycles. The summed E-state index contributed by atoms with van der Waals surface area (Å²) in [4.78, 5) is 13.2. The van der Waals surface area contributed by atoms with Crippen molar-refractivity contribution in [2.24, 2.45) is 5.92 Å². The monoisotopic (exact) mass is 399 g/mol. The Balaban J connectivity index is 1.43. The van der Waals surface area contributed by atoms with Gasteiger partial charge in [-0.15, -0.1) is 0 Å². The van der Waals surface area contributed by atoms with Gasteiger partial charge in [-0.05, 0) is 44.7 Å². The fourth-order valence-electron chi connectivity index (χ4n) is 3.56. The number of hydrogen-bond acceptors (Lipinski definition) is 7. The molecule has 8 nitrogen and oxygen atoms in total. The van der Waals surface area contributed by atoms with Crippen LogP contribution in [0.2, 0.25) is 0 Å². The van der Waals surface area contributed by atoms with E-state index in [1.165, 1.54) is 10.5 Å². The van der Waals surface area contributed by atoms with Crippen LogP contribution in [-0.2, 0) is 16.4 Å². The second kappa shape index (κ2) is 7.40. The zero-order valence-electron chi connectivity index (χ0n) is 15.7. The van der Waals surface area contributed by atoms with Gasteiger partial charge in [0.15, 0.2) is 0 Å². The number of nitrogens with zero attached hydrogens (tertiary/aromatic N) is 5. The second-order valence-corrected chi connectivity index (χ2v) is 8.94. The van der Waals surface area contributed by atoms with E-state index in [0.29, 0.717) is 25.3 Å². The van der Waals surface area contributed by atoms with Gasteiger partial charge in [0.2, 0.25) is 10.0 Å². The second-order valence-electron chi connectivity index (χ2n) is 7.00. The summed E-state index contributed by atoms with van der Waals surface area (Å²) in [5.41, 5.74) is 3.23. The Morgan fingerprint density at radius 3 is 2.71 bits per heavy atom. The Kier molecular flexibility index (Phi) is 4.94. The molecule has 3 aromatic rings. The highest BCUT2D eigenvalue weighted by Gasteiger charge is 2.32. The summed E-state index contributed by atoms with van der Waals surface area (Å²) in [6, 6.07) is 3.21. The maximum absolute atomic E-state index is 12.7. The van der Waals surface area contributed by atoms with Crippen molar-refractivity contribution in [3.63, 3.8) is 0 Å². The van der Waals surface area contributed by atoms with Crippen molar-refractivity contribution in [2.45, 2.75) is 31.6 Å². The maximum Gasteiger partial charge on any atom is 0.244 e. The Hall–Kier alpha value is -2.65. The minimum atomic E-state index is -3.49. The summed E-state index contributed by atoms with van der Waals surface area (Å²) < 4.78 is 32.1. The molecule has 0 spiro atoms. The fourth-order valence-corrected chi connectivity index (χ4v) is 5.06. The molecule has 28 heavy (non-hydrogen) atoms. The molecular formula is C19H21N5O3S. The zero-order valence-corrected chi connectivity index (χ0v) is 16.6. The van der Waals surface area contributed by atoms with Crippen LogP contribution >= 0.6 is 0 Å². The number of sulfonamides is 1. The highest BCUT2D eigenvalue weighted by molar-refractivity contribution is 7.89. The number of aromatic nitrogens is 4. The van der Waals surface area contributed by atoms with E-state index >= 15 is 0 Å². The van der Waals surface area contributed by atoms with Crippen molar-refractivity contribution < 1.29 is 12.9 Å². The number of pyridine rings is 1. The van der Waals surface area contributed by atoms with E-state index in [2.05, 4.69) is 20.1 Å². The minimum Gasteiger partial charge on any atom is -0.361 e. The number of rotatable bonds is 5. The SMILES string of the molecule is Cc1noc(C)c1-c1cnc(CC2CCN(S(=O)(=O)c3cccnc3)C2)cn1. The Morgan fingerprint density at radius 2 is 2.07 bits per heavy atom. The summed E-state index contributed by atoms with van der Waals surface area (Å²) in [6.45, 7) is 4.70. The van der Waals surface area contributed by atoms with Crippen LogP contribution in [0.15, 0.2) is 46.3 Å². The molecule has 1 atom stereocenters. The molecular weight excluding hydrogens is 378 g/mol. The van der Waals surface area contributed by atoms with Crippen LogP contribution in [0.5, 0.6) is 0 Å². The molecule has 4 rings (SSSR count). The molecule has 0 saturated carbocycles. The lowest BCUT2D eigenvalue weighted by atomic mass is 10.0. The van der Waals surface area contributed by atoms with Crippen molar-refractivity contribution in [3.05, 3.63) is 54.1 Å². The highest BCUT2D eigenvalue weighted by Crippen LogP contribution is 2.27. The fraction of sp³-hybridized carbons (Fsp3) is 0.368. The first kappa shape index (κ1) is 18.7. The molecule has 0 aliphatic carbocycles. The molecule has 146 valence electrons. The lowest BCUT2D eigenvalue weighted by Crippen LogP contribution is -2.29. The highest BCUT2D eigenvalue weighted by atomic mass is 32.2. The summed E-state index contributed by atoms with van der Waals surface area (Å²) in [5, 5.41) is 3.94. The normalized spacial score (nSPS) is 17.9. The standard InChI is InChI=1S/C19H21N5O3S/c1-13-19(14(2)27-23-13)18-11-21-16(9-22-18)8-15-5-7-24(12-15)28(25,26)17-4-3-6-20-10-17/h3-4,6,9-11,15H,5,7-8,12H2,1-2H3. The largest absolute Gasteiger partial charge is 0.361 e. The Labute approximate surface area is 163 Å². The topological polar surface area (TPSA) is 102 Å². The molecule has 1 aliphatic heterocycles. The molecule has 1 fully saturated rings. The van der Waals surface area contributed by atoms with E-state index < -0.39 is 10.0 Å². The third-order valence-corrected chi connectivity index (χ3v) is 6.86. The third kappa shape index (κ3) is 3.55. The molecule has 1 aliphatic rings. The lowest BCUT2D eigenvalue weighted by Gasteiger charge is -2.16. The molecule has 0 aromatic carbocycles. The van der Waals surface area contributed by atoms with E-state index in [4.69, 9.17) is 4.52 Å². The molecule has 0 N–H and O–H groups in total. The van der Waals surface area contributed by atoms with Gasteiger partial charge < -0.3 is 4.52 Å². The predicted molar refractivity (Wildman–Crippen MR) is 102 cm³/mol. The third-order valence-electron chi connectivity index (χ3n) is 5.01. The van der Waals surface area contributed by atoms with Crippen LogP contribution in [0, 0.1) is 19.8 Å². The van der Waals surface area contributed by atoms with Crippen molar-refractivity contribution in [2.75, 3.05) is 13.1 Å². The predicted octanol–water partition coefficient (Wildman–Crippen LogP) is 2.40. The molecule has 3 aromatic heterocycles. The van der Waals surface area contributed by atoms with Gasteiger partial charge in [0, 0.05) is 31.7 Å². The van der Waals surface area contributed by atoms with Gasteiger partial charge in [0.05, 0.1) is 28.8 Å². The first-order valence-corrected chi connectivity index (χ1v) is 10.5. The molecule has 0 bridgehead atoms. The van der Waals surface area contributed by atoms with Gasteiger partial charge in [-0.2, -0.15) is 4.31 Å². The zero-order chi connectivity index (χ0) is 19.7. The minimum absolute atomic E-state index is 0.214. The number of aryl methyl sites for hydroxylation is 2. The first-order valence-electron chi connectivity index (χ1n) is 9.09. The van der Waals surface area contributed by atoms with Gasteiger partial charge in [-0.1, -0.05) is 5.16 Å². The summed E-state index contributed by atoms with van der Waals surface area (Å²) >= 11 is 0. The van der Waals surface area contributed by atoms with Crippen molar-refractivity contribution in [1.82, 2.24) is 24.4 Å². The molecule has 0 amide bonds. The van der Waals surface area contributed by atoms with Crippen LogP contribution in [0.1, 0.15) is 23.6 Å². The summed E-state index contributed by atoms with van der Waals surface area (Å²) in [5.74, 6) is 0.928. The van der Waals surface area contributed by atoms with Crippen LogP contribution in [0.25, 0.3) is 11.3 Å². The lowest BCUT2D eigenvalue weighted by molar-refractivity contribution is 0.393. The van der Waals surface area contributed by atoms with Crippen LogP contribution in [0.4, 0.5) is 0 Å². The Morgan fingerprint density at radius 1 is 1.21 bits per heavy atom. The van der Waals surface area contributed by atoms with Crippen LogP contribution < -0.4 is 0 Å². The maximum atomic E-state index is 12.7. The average molecular weight is 399 g/mol. The number of hydrogen-bond donors (Lipinski definition) is 0. The molecule has 4 heterocycles. The molecule has 9 heteroatoms.